The zero-order valence-corrected chi connectivity index (χ0v) is 22.9. The Hall–Kier alpha value is -3.17. The first-order chi connectivity index (χ1) is 18.2. The molecule has 2 unspecified atom stereocenters. The maximum Gasteiger partial charge on any atom is 0.250 e. The van der Waals surface area contributed by atoms with Crippen molar-refractivity contribution in [2.45, 2.75) is 45.2 Å². The highest BCUT2D eigenvalue weighted by Gasteiger charge is 2.29. The van der Waals surface area contributed by atoms with Crippen molar-refractivity contribution >= 4 is 46.7 Å². The summed E-state index contributed by atoms with van der Waals surface area (Å²) in [5, 5.41) is 0.449. The van der Waals surface area contributed by atoms with Crippen molar-refractivity contribution in [1.82, 2.24) is 15.0 Å². The predicted octanol–water partition coefficient (Wildman–Crippen LogP) is 5.18. The van der Waals surface area contributed by atoms with Crippen LogP contribution in [0.5, 0.6) is 0 Å². The van der Waals surface area contributed by atoms with Gasteiger partial charge >= 0.3 is 0 Å². The highest BCUT2D eigenvalue weighted by Crippen LogP contribution is 2.33. The van der Waals surface area contributed by atoms with Gasteiger partial charge in [-0.2, -0.15) is 4.98 Å². The van der Waals surface area contributed by atoms with Crippen LogP contribution in [0, 0.1) is 5.82 Å². The molecule has 2 aromatic heterocycles. The van der Waals surface area contributed by atoms with Gasteiger partial charge in [0, 0.05) is 56.1 Å². The maximum absolute atomic E-state index is 13.9. The highest BCUT2D eigenvalue weighted by molar-refractivity contribution is 6.33. The zero-order valence-electron chi connectivity index (χ0n) is 21.4. The van der Waals surface area contributed by atoms with E-state index in [0.717, 1.165) is 30.8 Å². The lowest BCUT2D eigenvalue weighted by atomic mass is 10.0. The van der Waals surface area contributed by atoms with Crippen LogP contribution in [0.1, 0.15) is 43.5 Å². The summed E-state index contributed by atoms with van der Waals surface area (Å²) in [7, 11) is 0. The number of carbonyl (C=O) groups is 1. The lowest BCUT2D eigenvalue weighted by molar-refractivity contribution is 0.1000. The lowest BCUT2D eigenvalue weighted by Crippen LogP contribution is -2.53. The van der Waals surface area contributed by atoms with Gasteiger partial charge < -0.3 is 20.4 Å². The van der Waals surface area contributed by atoms with Gasteiger partial charge in [-0.15, -0.1) is 0 Å². The van der Waals surface area contributed by atoms with E-state index in [1.54, 1.807) is 18.2 Å². The molecule has 0 spiro atoms. The van der Waals surface area contributed by atoms with Gasteiger partial charge in [-0.05, 0) is 57.4 Å². The van der Waals surface area contributed by atoms with Gasteiger partial charge in [0.15, 0.2) is 0 Å². The molecule has 3 aromatic rings. The second-order valence-corrected chi connectivity index (χ2v) is 10.8. The first-order valence-electron chi connectivity index (χ1n) is 12.8. The van der Waals surface area contributed by atoms with Gasteiger partial charge in [0.05, 0.1) is 21.3 Å². The molecule has 11 heteroatoms. The number of benzene rings is 1. The summed E-state index contributed by atoms with van der Waals surface area (Å²) in [6.45, 7) is 7.20. The molecule has 2 fully saturated rings. The third kappa shape index (κ3) is 5.35. The first-order valence-corrected chi connectivity index (χ1v) is 13.5. The van der Waals surface area contributed by atoms with E-state index in [2.05, 4.69) is 33.5 Å². The molecular weight excluding hydrogens is 528 g/mol. The van der Waals surface area contributed by atoms with Crippen molar-refractivity contribution in [2.24, 2.45) is 5.73 Å². The Labute approximate surface area is 231 Å². The first kappa shape index (κ1) is 26.4. The van der Waals surface area contributed by atoms with Crippen LogP contribution in [-0.4, -0.2) is 59.1 Å². The second-order valence-electron chi connectivity index (χ2n) is 9.96. The molecule has 0 aliphatic carbocycles. The Balaban J connectivity index is 1.46. The number of hydrogen-bond acceptors (Lipinski definition) is 7. The van der Waals surface area contributed by atoms with Crippen LogP contribution in [0.3, 0.4) is 0 Å². The van der Waals surface area contributed by atoms with E-state index >= 15 is 0 Å². The van der Waals surface area contributed by atoms with Crippen molar-refractivity contribution < 1.29 is 9.18 Å². The molecule has 1 amide bonds. The van der Waals surface area contributed by atoms with Crippen LogP contribution in [0.4, 0.5) is 22.0 Å². The maximum atomic E-state index is 13.9. The number of anilines is 3. The van der Waals surface area contributed by atoms with E-state index < -0.39 is 11.7 Å². The summed E-state index contributed by atoms with van der Waals surface area (Å²) < 4.78 is 13.9. The standard InChI is InChI=1S/C27H30Cl2FN7O/c1-16-5-3-4-8-37(16)27-33-23(18-6-7-22(30)20(28)11-18)13-24(34-27)36-10-9-35(15-17(36)2)26-21(29)12-19(14-32-26)25(31)38/h6-7,11-14,16-17H,3-5,8-10,15H2,1-2H3,(H2,31,38). The monoisotopic (exact) mass is 557 g/mol. The Bertz CT molecular complexity index is 1360. The number of nitrogens with zero attached hydrogens (tertiary/aromatic N) is 6. The molecule has 8 nitrogen and oxygen atoms in total. The normalized spacial score (nSPS) is 20.1. The summed E-state index contributed by atoms with van der Waals surface area (Å²) >= 11 is 12.6. The largest absolute Gasteiger partial charge is 0.366 e. The number of primary amides is 1. The number of halogens is 3. The van der Waals surface area contributed by atoms with Crippen molar-refractivity contribution in [3.05, 3.63) is 58.0 Å². The molecule has 2 N–H and O–H groups in total. The Morgan fingerprint density at radius 2 is 1.82 bits per heavy atom. The number of aromatic nitrogens is 3. The van der Waals surface area contributed by atoms with Gasteiger partial charge in [-0.3, -0.25) is 4.79 Å². The van der Waals surface area contributed by atoms with E-state index in [1.165, 1.54) is 18.7 Å². The van der Waals surface area contributed by atoms with Gasteiger partial charge in [-0.25, -0.2) is 14.4 Å². The van der Waals surface area contributed by atoms with Gasteiger partial charge in [-0.1, -0.05) is 23.2 Å². The van der Waals surface area contributed by atoms with Crippen molar-refractivity contribution in [3.63, 3.8) is 0 Å². The summed E-state index contributed by atoms with van der Waals surface area (Å²) in [6, 6.07) is 8.57. The average Bonchev–Trinajstić information content (AvgIpc) is 2.90. The molecule has 2 aliphatic rings. The number of rotatable bonds is 5. The van der Waals surface area contributed by atoms with E-state index in [9.17, 15) is 9.18 Å². The van der Waals surface area contributed by atoms with Gasteiger partial charge in [0.25, 0.3) is 0 Å². The molecule has 0 radical (unpaired) electrons. The smallest absolute Gasteiger partial charge is 0.250 e. The third-order valence-electron chi connectivity index (χ3n) is 7.30. The summed E-state index contributed by atoms with van der Waals surface area (Å²) in [4.78, 5) is 32.4. The second kappa shape index (κ2) is 10.9. The predicted molar refractivity (Wildman–Crippen MR) is 150 cm³/mol. The molecule has 5 rings (SSSR count). The molecule has 2 atom stereocenters. The van der Waals surface area contributed by atoms with E-state index in [0.29, 0.717) is 48.2 Å². The number of carbonyl (C=O) groups excluding carboxylic acids is 1. The Kier molecular flexibility index (Phi) is 7.59. The van der Waals surface area contributed by atoms with Crippen LogP contribution in [-0.2, 0) is 0 Å². The van der Waals surface area contributed by atoms with Crippen LogP contribution in [0.15, 0.2) is 36.5 Å². The fourth-order valence-corrected chi connectivity index (χ4v) is 5.65. The topological polar surface area (TPSA) is 91.5 Å². The number of nitrogens with two attached hydrogens (primary N) is 1. The quantitative estimate of drug-likeness (QED) is 0.462. The Morgan fingerprint density at radius 3 is 2.50 bits per heavy atom. The fraction of sp³-hybridized carbons (Fsp3) is 0.407. The summed E-state index contributed by atoms with van der Waals surface area (Å²) in [5.41, 5.74) is 7.08. The van der Waals surface area contributed by atoms with Gasteiger partial charge in [0.2, 0.25) is 11.9 Å². The van der Waals surface area contributed by atoms with Crippen molar-refractivity contribution in [1.29, 1.82) is 0 Å². The molecule has 0 bridgehead atoms. The highest BCUT2D eigenvalue weighted by atomic mass is 35.5. The van der Waals surface area contributed by atoms with Crippen molar-refractivity contribution in [3.8, 4) is 11.3 Å². The molecule has 0 saturated carbocycles. The molecule has 4 heterocycles. The molecule has 2 aliphatic heterocycles. The summed E-state index contributed by atoms with van der Waals surface area (Å²) in [6.07, 6.45) is 4.82. The van der Waals surface area contributed by atoms with Crippen LogP contribution >= 0.6 is 23.2 Å². The summed E-state index contributed by atoms with van der Waals surface area (Å²) in [5.74, 6) is 1.07. The van der Waals surface area contributed by atoms with Crippen LogP contribution in [0.2, 0.25) is 10.0 Å². The number of amides is 1. The van der Waals surface area contributed by atoms with Crippen LogP contribution < -0.4 is 20.4 Å². The molecule has 38 heavy (non-hydrogen) atoms. The van der Waals surface area contributed by atoms with Gasteiger partial charge in [0.1, 0.15) is 17.5 Å². The van der Waals surface area contributed by atoms with E-state index in [4.69, 9.17) is 38.9 Å². The average molecular weight is 558 g/mol. The minimum Gasteiger partial charge on any atom is -0.366 e. The lowest BCUT2D eigenvalue weighted by Gasteiger charge is -2.42. The minimum atomic E-state index is -0.565. The SMILES string of the molecule is CC1CN(c2ncc(C(N)=O)cc2Cl)CCN1c1cc(-c2ccc(F)c(Cl)c2)nc(N2CCCCC2C)n1. The minimum absolute atomic E-state index is 0.0595. The fourth-order valence-electron chi connectivity index (χ4n) is 5.18. The Morgan fingerprint density at radius 1 is 1.00 bits per heavy atom. The molecule has 1 aromatic carbocycles. The van der Waals surface area contributed by atoms with E-state index in [-0.39, 0.29) is 16.6 Å². The number of piperidine rings is 1. The number of pyridine rings is 1. The molecule has 200 valence electrons. The third-order valence-corrected chi connectivity index (χ3v) is 7.87. The molecule has 2 saturated heterocycles. The number of hydrogen-bond donors (Lipinski definition) is 1. The van der Waals surface area contributed by atoms with Crippen molar-refractivity contribution in [2.75, 3.05) is 40.9 Å². The number of piperazine rings is 1. The molecular formula is C27H30Cl2FN7O. The van der Waals surface area contributed by atoms with E-state index in [1.807, 2.05) is 6.07 Å². The zero-order chi connectivity index (χ0) is 27.0. The van der Waals surface area contributed by atoms with Crippen LogP contribution in [0.25, 0.3) is 11.3 Å².